The van der Waals surface area contributed by atoms with Crippen molar-refractivity contribution in [1.29, 1.82) is 0 Å². The molecule has 0 saturated heterocycles. The molecule has 19 heavy (non-hydrogen) atoms. The minimum absolute atomic E-state index is 0.220. The van der Waals surface area contributed by atoms with Gasteiger partial charge in [0, 0.05) is 12.7 Å². The van der Waals surface area contributed by atoms with E-state index in [0.29, 0.717) is 6.54 Å². The fraction of sp³-hybridized carbons (Fsp3) is 0.286. The molecule has 0 aliphatic carbocycles. The van der Waals surface area contributed by atoms with Crippen LogP contribution in [0.1, 0.15) is 19.2 Å². The van der Waals surface area contributed by atoms with Crippen LogP contribution < -0.4 is 0 Å². The van der Waals surface area contributed by atoms with Crippen LogP contribution in [0.3, 0.4) is 0 Å². The lowest BCUT2D eigenvalue weighted by Gasteiger charge is -2.07. The normalized spacial score (nSPS) is 11.3. The molecule has 98 valence electrons. The van der Waals surface area contributed by atoms with Gasteiger partial charge in [0.05, 0.1) is 12.1 Å². The van der Waals surface area contributed by atoms with Gasteiger partial charge >= 0.3 is 0 Å². The SMILES string of the molecule is CCCn1ncnc1Cn1ccc2ccc(F)cc21. The maximum Gasteiger partial charge on any atom is 0.146 e. The lowest BCUT2D eigenvalue weighted by Crippen LogP contribution is -2.09. The monoisotopic (exact) mass is 258 g/mol. The predicted molar refractivity (Wildman–Crippen MR) is 71.3 cm³/mol. The van der Waals surface area contributed by atoms with Crippen LogP contribution >= 0.6 is 0 Å². The van der Waals surface area contributed by atoms with Gasteiger partial charge in [-0.25, -0.2) is 14.1 Å². The molecule has 2 aromatic heterocycles. The largest absolute Gasteiger partial charge is 0.340 e. The van der Waals surface area contributed by atoms with Gasteiger partial charge in [0.2, 0.25) is 0 Å². The first kappa shape index (κ1) is 11.9. The zero-order chi connectivity index (χ0) is 13.2. The van der Waals surface area contributed by atoms with Crippen molar-refractivity contribution in [3.63, 3.8) is 0 Å². The van der Waals surface area contributed by atoms with E-state index in [-0.39, 0.29) is 5.82 Å². The molecule has 0 atom stereocenters. The Balaban J connectivity index is 1.96. The van der Waals surface area contributed by atoms with Crippen LogP contribution in [-0.2, 0) is 13.1 Å². The molecule has 0 unspecified atom stereocenters. The summed E-state index contributed by atoms with van der Waals surface area (Å²) in [5, 5.41) is 5.23. The molecule has 0 amide bonds. The minimum atomic E-state index is -0.220. The van der Waals surface area contributed by atoms with Gasteiger partial charge in [-0.2, -0.15) is 5.10 Å². The number of halogens is 1. The van der Waals surface area contributed by atoms with E-state index in [0.717, 1.165) is 29.7 Å². The summed E-state index contributed by atoms with van der Waals surface area (Å²) in [5.41, 5.74) is 0.881. The van der Waals surface area contributed by atoms with E-state index in [9.17, 15) is 4.39 Å². The highest BCUT2D eigenvalue weighted by Crippen LogP contribution is 2.18. The molecule has 1 aromatic carbocycles. The first-order chi connectivity index (χ1) is 9.28. The molecule has 3 aromatic rings. The lowest BCUT2D eigenvalue weighted by molar-refractivity contribution is 0.557. The van der Waals surface area contributed by atoms with Gasteiger partial charge in [-0.1, -0.05) is 6.92 Å². The fourth-order valence-electron chi connectivity index (χ4n) is 2.26. The lowest BCUT2D eigenvalue weighted by atomic mass is 10.2. The van der Waals surface area contributed by atoms with Gasteiger partial charge in [-0.05, 0) is 36.1 Å². The summed E-state index contributed by atoms with van der Waals surface area (Å²) in [6, 6.07) is 6.80. The predicted octanol–water partition coefficient (Wildman–Crippen LogP) is 2.83. The molecule has 0 aliphatic rings. The van der Waals surface area contributed by atoms with E-state index in [4.69, 9.17) is 0 Å². The highest BCUT2D eigenvalue weighted by molar-refractivity contribution is 5.80. The zero-order valence-corrected chi connectivity index (χ0v) is 10.8. The third-order valence-electron chi connectivity index (χ3n) is 3.18. The molecule has 3 rings (SSSR count). The Morgan fingerprint density at radius 3 is 3.00 bits per heavy atom. The fourth-order valence-corrected chi connectivity index (χ4v) is 2.26. The molecule has 2 heterocycles. The standard InChI is InChI=1S/C14H15FN4/c1-2-6-19-14(16-10-17-19)9-18-7-5-11-3-4-12(15)8-13(11)18/h3-5,7-8,10H,2,6,9H2,1H3. The first-order valence-electron chi connectivity index (χ1n) is 6.39. The van der Waals surface area contributed by atoms with Crippen molar-refractivity contribution in [2.45, 2.75) is 26.4 Å². The second kappa shape index (κ2) is 4.84. The second-order valence-electron chi connectivity index (χ2n) is 4.55. The van der Waals surface area contributed by atoms with Crippen molar-refractivity contribution in [3.8, 4) is 0 Å². The van der Waals surface area contributed by atoms with Gasteiger partial charge in [0.15, 0.2) is 0 Å². The van der Waals surface area contributed by atoms with Crippen molar-refractivity contribution in [3.05, 3.63) is 48.4 Å². The summed E-state index contributed by atoms with van der Waals surface area (Å²) in [5.74, 6) is 0.672. The van der Waals surface area contributed by atoms with Crippen molar-refractivity contribution < 1.29 is 4.39 Å². The average molecular weight is 258 g/mol. The average Bonchev–Trinajstić information content (AvgIpc) is 2.99. The highest BCUT2D eigenvalue weighted by Gasteiger charge is 2.07. The summed E-state index contributed by atoms with van der Waals surface area (Å²) in [6.45, 7) is 3.56. The molecule has 0 spiro atoms. The minimum Gasteiger partial charge on any atom is -0.340 e. The molecule has 4 nitrogen and oxygen atoms in total. The topological polar surface area (TPSA) is 35.6 Å². The van der Waals surface area contributed by atoms with Gasteiger partial charge in [0.1, 0.15) is 18.0 Å². The molecule has 0 saturated carbocycles. The van der Waals surface area contributed by atoms with Crippen molar-refractivity contribution >= 4 is 10.9 Å². The number of aromatic nitrogens is 4. The smallest absolute Gasteiger partial charge is 0.146 e. The Morgan fingerprint density at radius 1 is 1.26 bits per heavy atom. The number of benzene rings is 1. The van der Waals surface area contributed by atoms with Gasteiger partial charge in [-0.15, -0.1) is 0 Å². The Kier molecular flexibility index (Phi) is 3.03. The van der Waals surface area contributed by atoms with E-state index in [1.165, 1.54) is 6.07 Å². The summed E-state index contributed by atoms with van der Waals surface area (Å²) in [6.07, 6.45) is 4.53. The maximum atomic E-state index is 13.3. The molecule has 0 bridgehead atoms. The summed E-state index contributed by atoms with van der Waals surface area (Å²) >= 11 is 0. The number of fused-ring (bicyclic) bond motifs is 1. The number of hydrogen-bond acceptors (Lipinski definition) is 2. The summed E-state index contributed by atoms with van der Waals surface area (Å²) in [4.78, 5) is 4.28. The van der Waals surface area contributed by atoms with Gasteiger partial charge in [0.25, 0.3) is 0 Å². The molecular formula is C14H15FN4. The van der Waals surface area contributed by atoms with Crippen LogP contribution in [0.4, 0.5) is 4.39 Å². The molecule has 0 radical (unpaired) electrons. The van der Waals surface area contributed by atoms with E-state index in [2.05, 4.69) is 17.0 Å². The zero-order valence-electron chi connectivity index (χ0n) is 10.8. The quantitative estimate of drug-likeness (QED) is 0.721. The molecular weight excluding hydrogens is 243 g/mol. The van der Waals surface area contributed by atoms with E-state index in [1.54, 1.807) is 18.5 Å². The van der Waals surface area contributed by atoms with Gasteiger partial charge < -0.3 is 4.57 Å². The molecule has 0 fully saturated rings. The third-order valence-corrected chi connectivity index (χ3v) is 3.18. The van der Waals surface area contributed by atoms with Crippen LogP contribution in [0, 0.1) is 5.82 Å². The summed E-state index contributed by atoms with van der Waals surface area (Å²) in [7, 11) is 0. The number of hydrogen-bond donors (Lipinski definition) is 0. The van der Waals surface area contributed by atoms with Crippen LogP contribution in [-0.4, -0.2) is 19.3 Å². The van der Waals surface area contributed by atoms with E-state index in [1.807, 2.05) is 21.5 Å². The van der Waals surface area contributed by atoms with E-state index < -0.39 is 0 Å². The van der Waals surface area contributed by atoms with Crippen LogP contribution in [0.15, 0.2) is 36.8 Å². The second-order valence-corrected chi connectivity index (χ2v) is 4.55. The number of nitrogens with zero attached hydrogens (tertiary/aromatic N) is 4. The summed E-state index contributed by atoms with van der Waals surface area (Å²) < 4.78 is 17.2. The Hall–Kier alpha value is -2.17. The van der Waals surface area contributed by atoms with Crippen molar-refractivity contribution in [1.82, 2.24) is 19.3 Å². The van der Waals surface area contributed by atoms with Crippen LogP contribution in [0.25, 0.3) is 10.9 Å². The molecule has 5 heteroatoms. The van der Waals surface area contributed by atoms with Gasteiger partial charge in [-0.3, -0.25) is 0 Å². The van der Waals surface area contributed by atoms with E-state index >= 15 is 0 Å². The van der Waals surface area contributed by atoms with Crippen LogP contribution in [0.5, 0.6) is 0 Å². The number of rotatable bonds is 4. The Labute approximate surface area is 110 Å². The highest BCUT2D eigenvalue weighted by atomic mass is 19.1. The Bertz CT molecular complexity index is 698. The van der Waals surface area contributed by atoms with Crippen LogP contribution in [0.2, 0.25) is 0 Å². The van der Waals surface area contributed by atoms with Crippen molar-refractivity contribution in [2.75, 3.05) is 0 Å². The number of aryl methyl sites for hydroxylation is 1. The van der Waals surface area contributed by atoms with Crippen molar-refractivity contribution in [2.24, 2.45) is 0 Å². The molecule has 0 N–H and O–H groups in total. The first-order valence-corrected chi connectivity index (χ1v) is 6.39. The maximum absolute atomic E-state index is 13.3. The third kappa shape index (κ3) is 2.23. The molecule has 0 aliphatic heterocycles. The Morgan fingerprint density at radius 2 is 2.16 bits per heavy atom.